The number of ether oxygens (including phenoxy) is 3. The molecule has 290 valence electrons. The van der Waals surface area contributed by atoms with Crippen molar-refractivity contribution in [1.82, 2.24) is 31.3 Å². The molecule has 1 atom stereocenters. The number of methoxy groups -OCH3 is 1. The second-order valence-electron chi connectivity index (χ2n) is 13.2. The Hall–Kier alpha value is -4.73. The largest absolute Gasteiger partial charge is 0.382 e. The number of aromatic amines is 1. The molecule has 0 unspecified atom stereocenters. The number of H-pyrrole nitrogens is 1. The molecule has 1 aromatic heterocycles. The Balaban J connectivity index is 0.00000650. The number of aromatic nitrogens is 4. The molecule has 6 N–H and O–H groups in total. The van der Waals surface area contributed by atoms with Crippen molar-refractivity contribution in [3.63, 3.8) is 0 Å². The van der Waals surface area contributed by atoms with Crippen LogP contribution in [-0.2, 0) is 30.2 Å². The van der Waals surface area contributed by atoms with Crippen molar-refractivity contribution in [3.8, 4) is 22.5 Å². The van der Waals surface area contributed by atoms with Crippen molar-refractivity contribution in [2.75, 3.05) is 58.6 Å². The number of benzene rings is 3. The fraction of sp³-hybridized carbons (Fsp3) is 0.436. The summed E-state index contributed by atoms with van der Waals surface area (Å²) in [6, 6.07) is 19.7. The van der Waals surface area contributed by atoms with E-state index in [-0.39, 0.29) is 42.5 Å². The number of hydrogen-bond donors (Lipinski definition) is 5. The van der Waals surface area contributed by atoms with Gasteiger partial charge in [-0.15, -0.1) is 17.5 Å². The van der Waals surface area contributed by atoms with E-state index >= 15 is 0 Å². The zero-order chi connectivity index (χ0) is 37.4. The topological polar surface area (TPSA) is 195 Å². The number of nitrogens with zero attached hydrogens (tertiary/aromatic N) is 3. The van der Waals surface area contributed by atoms with Gasteiger partial charge >= 0.3 is 0 Å². The van der Waals surface area contributed by atoms with Crippen molar-refractivity contribution >= 4 is 35.8 Å². The predicted octanol–water partition coefficient (Wildman–Crippen LogP) is 4.10. The molecule has 5 rings (SSSR count). The Morgan fingerprint density at radius 3 is 2.35 bits per heavy atom. The van der Waals surface area contributed by atoms with Crippen LogP contribution in [0.1, 0.15) is 47.2 Å². The average Bonchev–Trinajstić information content (AvgIpc) is 3.73. The molecule has 0 spiro atoms. The van der Waals surface area contributed by atoms with Crippen LogP contribution in [0.3, 0.4) is 0 Å². The zero-order valence-corrected chi connectivity index (χ0v) is 31.7. The third-order valence-electron chi connectivity index (χ3n) is 9.47. The van der Waals surface area contributed by atoms with Gasteiger partial charge in [-0.1, -0.05) is 30.3 Å². The normalized spacial score (nSPS) is 15.8. The lowest BCUT2D eigenvalue weighted by Crippen LogP contribution is -2.48. The van der Waals surface area contributed by atoms with E-state index in [1.165, 1.54) is 0 Å². The van der Waals surface area contributed by atoms with Crippen LogP contribution in [-0.4, -0.2) is 97.6 Å². The fourth-order valence-corrected chi connectivity index (χ4v) is 6.36. The molecule has 1 fully saturated rings. The monoisotopic (exact) mass is 762 g/mol. The summed E-state index contributed by atoms with van der Waals surface area (Å²) in [6.45, 7) is 5.30. The number of nitrogens with one attached hydrogen (secondary N) is 4. The lowest BCUT2D eigenvalue weighted by atomic mass is 9.81. The number of carbonyl (C=O) groups is 3. The minimum atomic E-state index is -0.834. The molecule has 0 saturated heterocycles. The first-order valence-corrected chi connectivity index (χ1v) is 18.1. The summed E-state index contributed by atoms with van der Waals surface area (Å²) in [5.41, 5.74) is 11.4. The first-order chi connectivity index (χ1) is 25.8. The molecule has 1 heterocycles. The van der Waals surface area contributed by atoms with Crippen LogP contribution in [0, 0.1) is 18.8 Å². The maximum atomic E-state index is 13.8. The van der Waals surface area contributed by atoms with Crippen LogP contribution < -0.4 is 21.7 Å². The lowest BCUT2D eigenvalue weighted by Gasteiger charge is -2.28. The van der Waals surface area contributed by atoms with Gasteiger partial charge < -0.3 is 35.9 Å². The minimum absolute atomic E-state index is 0. The van der Waals surface area contributed by atoms with Crippen LogP contribution in [0.25, 0.3) is 22.5 Å². The molecule has 14 nitrogen and oxygen atoms in total. The van der Waals surface area contributed by atoms with E-state index in [9.17, 15) is 14.4 Å². The second kappa shape index (κ2) is 21.8. The maximum absolute atomic E-state index is 13.8. The van der Waals surface area contributed by atoms with Gasteiger partial charge in [-0.2, -0.15) is 0 Å². The van der Waals surface area contributed by atoms with Gasteiger partial charge in [-0.25, -0.2) is 5.10 Å². The second-order valence-corrected chi connectivity index (χ2v) is 13.2. The summed E-state index contributed by atoms with van der Waals surface area (Å²) >= 11 is 0. The molecule has 1 saturated carbocycles. The van der Waals surface area contributed by atoms with Crippen molar-refractivity contribution in [2.24, 2.45) is 17.6 Å². The molecule has 3 aromatic carbocycles. The van der Waals surface area contributed by atoms with Gasteiger partial charge in [0.25, 0.3) is 5.91 Å². The zero-order valence-electron chi connectivity index (χ0n) is 30.8. The summed E-state index contributed by atoms with van der Waals surface area (Å²) in [7, 11) is 1.62. The average molecular weight is 763 g/mol. The third kappa shape index (κ3) is 12.4. The van der Waals surface area contributed by atoms with Gasteiger partial charge in [0.15, 0.2) is 5.82 Å². The summed E-state index contributed by atoms with van der Waals surface area (Å²) < 4.78 is 15.9. The van der Waals surface area contributed by atoms with E-state index in [1.807, 2.05) is 43.3 Å². The van der Waals surface area contributed by atoms with E-state index in [0.717, 1.165) is 53.5 Å². The Morgan fingerprint density at radius 2 is 1.65 bits per heavy atom. The lowest BCUT2D eigenvalue weighted by molar-refractivity contribution is -0.130. The van der Waals surface area contributed by atoms with Gasteiger partial charge in [-0.05, 0) is 114 Å². The SMILES string of the molecule is COCCOCCOCCNC(=O)c1cccc(-c2cc(C[C@H](NC(=O)[C@H]3CC[C@H](CN)CC3)C(=O)Nc3ccc(-c4nnn[nH]4)cc3)ccc2C)c1.Cl. The van der Waals surface area contributed by atoms with E-state index in [0.29, 0.717) is 69.1 Å². The molecule has 0 aliphatic heterocycles. The highest BCUT2D eigenvalue weighted by atomic mass is 35.5. The molecule has 54 heavy (non-hydrogen) atoms. The molecule has 3 amide bonds. The quantitative estimate of drug-likeness (QED) is 0.0868. The van der Waals surface area contributed by atoms with Crippen LogP contribution in [0.4, 0.5) is 5.69 Å². The molecule has 0 radical (unpaired) electrons. The van der Waals surface area contributed by atoms with Gasteiger partial charge in [0, 0.05) is 42.8 Å². The standard InChI is InChI=1S/C39H50N8O6.ClH/c1-26-6-7-28(22-34(26)31-4-3-5-32(24-31)37(48)41-16-17-52-20-21-53-19-18-51-2)23-35(43-38(49)30-10-8-27(25-40)9-11-30)39(50)42-33-14-12-29(13-15-33)36-44-46-47-45-36;/h3-7,12-15,22,24,27,30,35H,8-11,16-21,23,25,40H2,1-2H3,(H,41,48)(H,42,50)(H,43,49)(H,44,45,46,47);1H/t27-,30-,35-;/m0./s1. The van der Waals surface area contributed by atoms with Crippen LogP contribution >= 0.6 is 12.4 Å². The summed E-state index contributed by atoms with van der Waals surface area (Å²) in [4.78, 5) is 40.4. The smallest absolute Gasteiger partial charge is 0.251 e. The van der Waals surface area contributed by atoms with E-state index in [2.05, 4.69) is 36.6 Å². The van der Waals surface area contributed by atoms with E-state index in [4.69, 9.17) is 19.9 Å². The molecule has 15 heteroatoms. The Kier molecular flexibility index (Phi) is 17.0. The number of rotatable bonds is 19. The van der Waals surface area contributed by atoms with Gasteiger partial charge in [0.05, 0.1) is 33.0 Å². The molecular formula is C39H51ClN8O6. The number of aryl methyl sites for hydroxylation is 1. The third-order valence-corrected chi connectivity index (χ3v) is 9.47. The predicted molar refractivity (Wildman–Crippen MR) is 208 cm³/mol. The highest BCUT2D eigenvalue weighted by Crippen LogP contribution is 2.29. The fourth-order valence-electron chi connectivity index (χ4n) is 6.36. The van der Waals surface area contributed by atoms with Gasteiger partial charge in [0.1, 0.15) is 6.04 Å². The number of carbonyl (C=O) groups excluding carboxylic acids is 3. The number of hydrogen-bond acceptors (Lipinski definition) is 10. The highest BCUT2D eigenvalue weighted by Gasteiger charge is 2.29. The highest BCUT2D eigenvalue weighted by molar-refractivity contribution is 5.98. The minimum Gasteiger partial charge on any atom is -0.382 e. The first-order valence-electron chi connectivity index (χ1n) is 18.1. The summed E-state index contributed by atoms with van der Waals surface area (Å²) in [6.07, 6.45) is 3.56. The number of tetrazole rings is 1. The van der Waals surface area contributed by atoms with Crippen molar-refractivity contribution < 1.29 is 28.6 Å². The van der Waals surface area contributed by atoms with Crippen molar-refractivity contribution in [3.05, 3.63) is 83.4 Å². The Morgan fingerprint density at radius 1 is 0.907 bits per heavy atom. The molecule has 1 aliphatic carbocycles. The van der Waals surface area contributed by atoms with Crippen molar-refractivity contribution in [1.29, 1.82) is 0 Å². The number of halogens is 1. The maximum Gasteiger partial charge on any atom is 0.251 e. The van der Waals surface area contributed by atoms with Crippen LogP contribution in [0.15, 0.2) is 66.7 Å². The Bertz CT molecular complexity index is 1770. The first kappa shape index (κ1) is 42.0. The molecule has 1 aliphatic rings. The van der Waals surface area contributed by atoms with Gasteiger partial charge in [-0.3, -0.25) is 14.4 Å². The molecular weight excluding hydrogens is 712 g/mol. The molecule has 0 bridgehead atoms. The number of nitrogens with two attached hydrogens (primary N) is 1. The summed E-state index contributed by atoms with van der Waals surface area (Å²) in [5.74, 6) is 0.121. The van der Waals surface area contributed by atoms with E-state index < -0.39 is 6.04 Å². The van der Waals surface area contributed by atoms with Crippen LogP contribution in [0.2, 0.25) is 0 Å². The van der Waals surface area contributed by atoms with E-state index in [1.54, 1.807) is 37.4 Å². The summed E-state index contributed by atoms with van der Waals surface area (Å²) in [5, 5.41) is 22.8. The Labute approximate surface area is 322 Å². The number of amides is 3. The number of anilines is 1. The van der Waals surface area contributed by atoms with Crippen molar-refractivity contribution in [2.45, 2.75) is 45.1 Å². The molecule has 4 aromatic rings. The van der Waals surface area contributed by atoms with Gasteiger partial charge in [0.2, 0.25) is 11.8 Å². The van der Waals surface area contributed by atoms with Crippen LogP contribution in [0.5, 0.6) is 0 Å².